The molecule has 0 unspecified atom stereocenters. The predicted molar refractivity (Wildman–Crippen MR) is 111 cm³/mol. The van der Waals surface area contributed by atoms with Crippen LogP contribution in [-0.4, -0.2) is 14.8 Å². The van der Waals surface area contributed by atoms with E-state index in [1.807, 2.05) is 13.0 Å². The van der Waals surface area contributed by atoms with Crippen molar-refractivity contribution in [1.29, 1.82) is 0 Å². The molecule has 0 radical (unpaired) electrons. The normalized spacial score (nSPS) is 11.0. The lowest BCUT2D eigenvalue weighted by atomic mass is 10.0. The molecule has 0 spiro atoms. The van der Waals surface area contributed by atoms with Crippen LogP contribution in [0.2, 0.25) is 0 Å². The van der Waals surface area contributed by atoms with E-state index < -0.39 is 0 Å². The molecule has 0 aliphatic carbocycles. The fourth-order valence-corrected chi connectivity index (χ4v) is 4.30. The van der Waals surface area contributed by atoms with Crippen LogP contribution in [0.25, 0.3) is 0 Å². The molecule has 0 fully saturated rings. The largest absolute Gasteiger partial charge is 0.302 e. The minimum atomic E-state index is 0.172. The number of hydrogen-bond donors (Lipinski definition) is 0. The predicted octanol–water partition coefficient (Wildman–Crippen LogP) is 5.52. The first-order valence-corrected chi connectivity index (χ1v) is 9.89. The van der Waals surface area contributed by atoms with E-state index in [0.29, 0.717) is 0 Å². The van der Waals surface area contributed by atoms with Gasteiger partial charge in [0.2, 0.25) is 0 Å². The van der Waals surface area contributed by atoms with Gasteiger partial charge in [0.25, 0.3) is 0 Å². The molecule has 0 aliphatic heterocycles. The van der Waals surface area contributed by atoms with Crippen molar-refractivity contribution in [2.24, 2.45) is 0 Å². The van der Waals surface area contributed by atoms with E-state index in [4.69, 9.17) is 0 Å². The van der Waals surface area contributed by atoms with Crippen molar-refractivity contribution < 1.29 is 0 Å². The van der Waals surface area contributed by atoms with E-state index in [0.717, 1.165) is 17.5 Å². The Morgan fingerprint density at radius 2 is 1.26 bits per heavy atom. The van der Waals surface area contributed by atoms with E-state index in [9.17, 15) is 0 Å². The Morgan fingerprint density at radius 3 is 1.81 bits per heavy atom. The van der Waals surface area contributed by atoms with Crippen LogP contribution >= 0.6 is 11.8 Å². The van der Waals surface area contributed by atoms with Crippen molar-refractivity contribution in [3.63, 3.8) is 0 Å². The number of aryl methyl sites for hydroxylation is 1. The quantitative estimate of drug-likeness (QED) is 0.418. The first-order chi connectivity index (χ1) is 13.3. The lowest BCUT2D eigenvalue weighted by Crippen LogP contribution is -2.05. The molecule has 0 saturated heterocycles. The van der Waals surface area contributed by atoms with Crippen LogP contribution in [0.4, 0.5) is 0 Å². The van der Waals surface area contributed by atoms with Gasteiger partial charge in [0, 0.05) is 0 Å². The van der Waals surface area contributed by atoms with Gasteiger partial charge in [-0.15, -0.1) is 10.2 Å². The lowest BCUT2D eigenvalue weighted by molar-refractivity contribution is 0.687. The Morgan fingerprint density at radius 1 is 0.741 bits per heavy atom. The van der Waals surface area contributed by atoms with Crippen LogP contribution in [0.1, 0.15) is 27.8 Å². The second-order valence-electron chi connectivity index (χ2n) is 6.42. The summed E-state index contributed by atoms with van der Waals surface area (Å²) < 4.78 is 2.19. The summed E-state index contributed by atoms with van der Waals surface area (Å²) in [7, 11) is 0. The van der Waals surface area contributed by atoms with Gasteiger partial charge in [-0.1, -0.05) is 103 Å². The Balaban J connectivity index is 1.68. The molecule has 0 N–H and O–H groups in total. The summed E-state index contributed by atoms with van der Waals surface area (Å²) >= 11 is 1.75. The average molecular weight is 372 g/mol. The zero-order valence-electron chi connectivity index (χ0n) is 15.2. The molecular formula is C23H21N3S. The highest BCUT2D eigenvalue weighted by molar-refractivity contribution is 7.99. The first-order valence-electron chi connectivity index (χ1n) is 9.01. The van der Waals surface area contributed by atoms with Gasteiger partial charge in [-0.3, -0.25) is 0 Å². The topological polar surface area (TPSA) is 30.7 Å². The molecule has 0 bridgehead atoms. The Kier molecular flexibility index (Phi) is 5.35. The van der Waals surface area contributed by atoms with Gasteiger partial charge in [0.1, 0.15) is 5.82 Å². The van der Waals surface area contributed by atoms with Crippen molar-refractivity contribution in [3.05, 3.63) is 114 Å². The minimum Gasteiger partial charge on any atom is -0.302 e. The molecule has 0 aliphatic rings. The van der Waals surface area contributed by atoms with Crippen molar-refractivity contribution in [1.82, 2.24) is 14.8 Å². The van der Waals surface area contributed by atoms with Gasteiger partial charge in [-0.25, -0.2) is 0 Å². The smallest absolute Gasteiger partial charge is 0.192 e. The van der Waals surface area contributed by atoms with Crippen LogP contribution in [0.15, 0.2) is 96.2 Å². The molecule has 4 aromatic rings. The molecule has 4 rings (SSSR count). The SMILES string of the molecule is Cc1nnc(SC(c2ccccc2)c2ccccc2)n1Cc1ccccc1. The van der Waals surface area contributed by atoms with Crippen LogP contribution in [-0.2, 0) is 6.54 Å². The second-order valence-corrected chi connectivity index (χ2v) is 7.49. The van der Waals surface area contributed by atoms with Gasteiger partial charge >= 0.3 is 0 Å². The maximum absolute atomic E-state index is 4.48. The maximum atomic E-state index is 4.48. The number of rotatable bonds is 6. The molecule has 0 saturated carbocycles. The molecule has 0 atom stereocenters. The molecular weight excluding hydrogens is 350 g/mol. The highest BCUT2D eigenvalue weighted by Gasteiger charge is 2.20. The maximum Gasteiger partial charge on any atom is 0.192 e. The molecule has 4 heteroatoms. The van der Waals surface area contributed by atoms with Crippen LogP contribution in [0.5, 0.6) is 0 Å². The van der Waals surface area contributed by atoms with Gasteiger partial charge in [-0.05, 0) is 23.6 Å². The summed E-state index contributed by atoms with van der Waals surface area (Å²) in [5.74, 6) is 0.932. The van der Waals surface area contributed by atoms with E-state index in [1.165, 1.54) is 16.7 Å². The van der Waals surface area contributed by atoms with Crippen molar-refractivity contribution >= 4 is 11.8 Å². The number of nitrogens with zero attached hydrogens (tertiary/aromatic N) is 3. The minimum absolute atomic E-state index is 0.172. The number of thioether (sulfide) groups is 1. The third kappa shape index (κ3) is 4.12. The summed E-state index contributed by atoms with van der Waals surface area (Å²) in [5.41, 5.74) is 3.78. The summed E-state index contributed by atoms with van der Waals surface area (Å²) in [6, 6.07) is 31.6. The summed E-state index contributed by atoms with van der Waals surface area (Å²) in [5, 5.41) is 9.93. The lowest BCUT2D eigenvalue weighted by Gasteiger charge is -2.18. The van der Waals surface area contributed by atoms with Crippen molar-refractivity contribution in [2.45, 2.75) is 23.9 Å². The summed E-state index contributed by atoms with van der Waals surface area (Å²) in [4.78, 5) is 0. The van der Waals surface area contributed by atoms with Gasteiger partial charge in [0.05, 0.1) is 11.8 Å². The van der Waals surface area contributed by atoms with E-state index in [-0.39, 0.29) is 5.25 Å². The zero-order valence-corrected chi connectivity index (χ0v) is 16.0. The zero-order chi connectivity index (χ0) is 18.5. The molecule has 3 aromatic carbocycles. The second kappa shape index (κ2) is 8.23. The van der Waals surface area contributed by atoms with E-state index >= 15 is 0 Å². The standard InChI is InChI=1S/C23H21N3S/c1-18-24-25-23(26(18)17-19-11-5-2-6-12-19)27-22(20-13-7-3-8-14-20)21-15-9-4-10-16-21/h2-16,22H,17H2,1H3. The van der Waals surface area contributed by atoms with Crippen molar-refractivity contribution in [2.75, 3.05) is 0 Å². The molecule has 0 amide bonds. The van der Waals surface area contributed by atoms with Crippen LogP contribution in [0, 0.1) is 6.92 Å². The Labute approximate surface area is 164 Å². The molecule has 134 valence electrons. The van der Waals surface area contributed by atoms with Crippen LogP contribution in [0.3, 0.4) is 0 Å². The first kappa shape index (κ1) is 17.6. The summed E-state index contributed by atoms with van der Waals surface area (Å²) in [6.07, 6.45) is 0. The highest BCUT2D eigenvalue weighted by atomic mass is 32.2. The third-order valence-electron chi connectivity index (χ3n) is 4.51. The summed E-state index contributed by atoms with van der Waals surface area (Å²) in [6.45, 7) is 2.79. The monoisotopic (exact) mass is 371 g/mol. The fraction of sp³-hybridized carbons (Fsp3) is 0.130. The third-order valence-corrected chi connectivity index (χ3v) is 5.81. The van der Waals surface area contributed by atoms with Crippen LogP contribution < -0.4 is 0 Å². The fourth-order valence-electron chi connectivity index (χ4n) is 3.09. The van der Waals surface area contributed by atoms with E-state index in [2.05, 4.69) is 99.7 Å². The average Bonchev–Trinajstić information content (AvgIpc) is 3.07. The Bertz CT molecular complexity index is 943. The molecule has 3 nitrogen and oxygen atoms in total. The van der Waals surface area contributed by atoms with Gasteiger partial charge < -0.3 is 4.57 Å². The molecule has 27 heavy (non-hydrogen) atoms. The number of aromatic nitrogens is 3. The van der Waals surface area contributed by atoms with Crippen molar-refractivity contribution in [3.8, 4) is 0 Å². The Hall–Kier alpha value is -2.85. The molecule has 1 aromatic heterocycles. The van der Waals surface area contributed by atoms with Gasteiger partial charge in [-0.2, -0.15) is 0 Å². The number of hydrogen-bond acceptors (Lipinski definition) is 3. The molecule has 1 heterocycles. The van der Waals surface area contributed by atoms with Gasteiger partial charge in [0.15, 0.2) is 5.16 Å². The number of benzene rings is 3. The highest BCUT2D eigenvalue weighted by Crippen LogP contribution is 2.39. The van der Waals surface area contributed by atoms with E-state index in [1.54, 1.807) is 11.8 Å².